The summed E-state index contributed by atoms with van der Waals surface area (Å²) in [4.78, 5) is 23.6. The Kier molecular flexibility index (Phi) is 5.46. The minimum absolute atomic E-state index is 0.0363. The van der Waals surface area contributed by atoms with Gasteiger partial charge in [0.05, 0.1) is 13.0 Å². The SMILES string of the molecule is Cc1cc(C)cc(NC(=O)CNC(=O)Cc2cccc(F)c2)c1. The molecule has 2 aromatic rings. The Labute approximate surface area is 134 Å². The van der Waals surface area contributed by atoms with Gasteiger partial charge in [-0.3, -0.25) is 9.59 Å². The number of rotatable bonds is 5. The number of carbonyl (C=O) groups is 2. The Hall–Kier alpha value is -2.69. The van der Waals surface area contributed by atoms with Crippen molar-refractivity contribution in [2.45, 2.75) is 20.3 Å². The minimum atomic E-state index is -0.386. The van der Waals surface area contributed by atoms with Crippen LogP contribution in [-0.2, 0) is 16.0 Å². The number of aryl methyl sites for hydroxylation is 2. The van der Waals surface area contributed by atoms with Gasteiger partial charge < -0.3 is 10.6 Å². The van der Waals surface area contributed by atoms with Crippen LogP contribution in [0.1, 0.15) is 16.7 Å². The summed E-state index contributed by atoms with van der Waals surface area (Å²) in [5.41, 5.74) is 3.37. The van der Waals surface area contributed by atoms with E-state index in [2.05, 4.69) is 10.6 Å². The molecule has 0 radical (unpaired) electrons. The maximum Gasteiger partial charge on any atom is 0.243 e. The van der Waals surface area contributed by atoms with E-state index in [4.69, 9.17) is 0 Å². The van der Waals surface area contributed by atoms with Crippen molar-refractivity contribution in [3.63, 3.8) is 0 Å². The van der Waals surface area contributed by atoms with Gasteiger partial charge in [-0.15, -0.1) is 0 Å². The second-order valence-electron chi connectivity index (χ2n) is 5.51. The first-order valence-corrected chi connectivity index (χ1v) is 7.31. The standard InChI is InChI=1S/C18H19FN2O2/c1-12-6-13(2)8-16(7-12)21-18(23)11-20-17(22)10-14-4-3-5-15(19)9-14/h3-9H,10-11H2,1-2H3,(H,20,22)(H,21,23). The van der Waals surface area contributed by atoms with Crippen LogP contribution >= 0.6 is 0 Å². The van der Waals surface area contributed by atoms with Gasteiger partial charge in [-0.25, -0.2) is 4.39 Å². The molecule has 0 heterocycles. The van der Waals surface area contributed by atoms with Crippen LogP contribution in [0.4, 0.5) is 10.1 Å². The highest BCUT2D eigenvalue weighted by molar-refractivity contribution is 5.94. The molecular weight excluding hydrogens is 295 g/mol. The van der Waals surface area contributed by atoms with Gasteiger partial charge in [-0.2, -0.15) is 0 Å². The molecule has 2 aromatic carbocycles. The van der Waals surface area contributed by atoms with Crippen molar-refractivity contribution in [1.82, 2.24) is 5.32 Å². The monoisotopic (exact) mass is 314 g/mol. The van der Waals surface area contributed by atoms with Gasteiger partial charge in [0.2, 0.25) is 11.8 Å². The van der Waals surface area contributed by atoms with Gasteiger partial charge >= 0.3 is 0 Å². The predicted molar refractivity (Wildman–Crippen MR) is 87.7 cm³/mol. The van der Waals surface area contributed by atoms with E-state index in [1.54, 1.807) is 12.1 Å². The summed E-state index contributed by atoms with van der Waals surface area (Å²) >= 11 is 0. The molecule has 2 rings (SSSR count). The summed E-state index contributed by atoms with van der Waals surface area (Å²) in [6, 6.07) is 11.6. The van der Waals surface area contributed by atoms with Gasteiger partial charge in [-0.05, 0) is 54.8 Å². The molecule has 0 atom stereocenters. The average molecular weight is 314 g/mol. The van der Waals surface area contributed by atoms with Crippen molar-refractivity contribution < 1.29 is 14.0 Å². The highest BCUT2D eigenvalue weighted by Crippen LogP contribution is 2.13. The van der Waals surface area contributed by atoms with Crippen molar-refractivity contribution in [3.05, 3.63) is 65.0 Å². The van der Waals surface area contributed by atoms with Crippen LogP contribution in [0.2, 0.25) is 0 Å². The van der Waals surface area contributed by atoms with Crippen LogP contribution in [-0.4, -0.2) is 18.4 Å². The third-order valence-electron chi connectivity index (χ3n) is 3.21. The van der Waals surface area contributed by atoms with Crippen molar-refractivity contribution in [1.29, 1.82) is 0 Å². The number of anilines is 1. The van der Waals surface area contributed by atoms with E-state index in [9.17, 15) is 14.0 Å². The van der Waals surface area contributed by atoms with E-state index in [1.165, 1.54) is 12.1 Å². The molecule has 0 fully saturated rings. The Bertz CT molecular complexity index is 708. The van der Waals surface area contributed by atoms with Crippen molar-refractivity contribution >= 4 is 17.5 Å². The molecule has 23 heavy (non-hydrogen) atoms. The second-order valence-corrected chi connectivity index (χ2v) is 5.51. The lowest BCUT2D eigenvalue weighted by atomic mass is 10.1. The quantitative estimate of drug-likeness (QED) is 0.891. The molecule has 0 spiro atoms. The van der Waals surface area contributed by atoms with Crippen LogP contribution in [0.25, 0.3) is 0 Å². The van der Waals surface area contributed by atoms with E-state index in [0.717, 1.165) is 11.1 Å². The molecule has 0 unspecified atom stereocenters. The average Bonchev–Trinajstić information content (AvgIpc) is 2.44. The number of benzene rings is 2. The maximum atomic E-state index is 13.0. The lowest BCUT2D eigenvalue weighted by molar-refractivity contribution is -0.123. The summed E-state index contributed by atoms with van der Waals surface area (Å²) in [5, 5.41) is 5.26. The van der Waals surface area contributed by atoms with E-state index in [1.807, 2.05) is 32.0 Å². The smallest absolute Gasteiger partial charge is 0.243 e. The first kappa shape index (κ1) is 16.7. The van der Waals surface area contributed by atoms with E-state index >= 15 is 0 Å². The number of hydrogen-bond acceptors (Lipinski definition) is 2. The van der Waals surface area contributed by atoms with E-state index < -0.39 is 0 Å². The lowest BCUT2D eigenvalue weighted by Gasteiger charge is -2.09. The number of hydrogen-bond donors (Lipinski definition) is 2. The molecule has 0 aliphatic heterocycles. The summed E-state index contributed by atoms with van der Waals surface area (Å²) in [5.74, 6) is -1.02. The zero-order chi connectivity index (χ0) is 16.8. The normalized spacial score (nSPS) is 10.2. The van der Waals surface area contributed by atoms with Crippen molar-refractivity contribution in [2.24, 2.45) is 0 Å². The maximum absolute atomic E-state index is 13.0. The van der Waals surface area contributed by atoms with Crippen LogP contribution in [0.5, 0.6) is 0 Å². The second kappa shape index (κ2) is 7.54. The van der Waals surface area contributed by atoms with Crippen molar-refractivity contribution in [2.75, 3.05) is 11.9 Å². The summed E-state index contributed by atoms with van der Waals surface area (Å²) < 4.78 is 13.0. The van der Waals surface area contributed by atoms with Gasteiger partial charge in [0.25, 0.3) is 0 Å². The zero-order valence-electron chi connectivity index (χ0n) is 13.2. The van der Waals surface area contributed by atoms with Gasteiger partial charge in [0.15, 0.2) is 0 Å². The van der Waals surface area contributed by atoms with Crippen LogP contribution in [0.15, 0.2) is 42.5 Å². The highest BCUT2D eigenvalue weighted by atomic mass is 19.1. The van der Waals surface area contributed by atoms with Crippen LogP contribution < -0.4 is 10.6 Å². The third kappa shape index (κ3) is 5.54. The summed E-state index contributed by atoms with van der Waals surface area (Å²) in [6.45, 7) is 3.77. The molecule has 5 heteroatoms. The fraction of sp³-hybridized carbons (Fsp3) is 0.222. The number of nitrogens with one attached hydrogen (secondary N) is 2. The van der Waals surface area contributed by atoms with Gasteiger partial charge in [0.1, 0.15) is 5.82 Å². The molecule has 2 amide bonds. The van der Waals surface area contributed by atoms with Crippen LogP contribution in [0, 0.1) is 19.7 Å². The first-order valence-electron chi connectivity index (χ1n) is 7.31. The molecule has 120 valence electrons. The molecule has 2 N–H and O–H groups in total. The van der Waals surface area contributed by atoms with Gasteiger partial charge in [-0.1, -0.05) is 18.2 Å². The lowest BCUT2D eigenvalue weighted by Crippen LogP contribution is -2.33. The Morgan fingerprint density at radius 3 is 2.35 bits per heavy atom. The third-order valence-corrected chi connectivity index (χ3v) is 3.21. The van der Waals surface area contributed by atoms with E-state index in [-0.39, 0.29) is 30.6 Å². The number of halogens is 1. The minimum Gasteiger partial charge on any atom is -0.347 e. The molecule has 0 aromatic heterocycles. The highest BCUT2D eigenvalue weighted by Gasteiger charge is 2.08. The first-order chi connectivity index (χ1) is 10.9. The Morgan fingerprint density at radius 2 is 1.70 bits per heavy atom. The van der Waals surface area contributed by atoms with E-state index in [0.29, 0.717) is 11.3 Å². The topological polar surface area (TPSA) is 58.2 Å². The fourth-order valence-corrected chi connectivity index (χ4v) is 2.33. The molecular formula is C18H19FN2O2. The molecule has 0 aliphatic carbocycles. The Balaban J connectivity index is 1.83. The summed E-state index contributed by atoms with van der Waals surface area (Å²) in [7, 11) is 0. The zero-order valence-corrected chi connectivity index (χ0v) is 13.2. The fourth-order valence-electron chi connectivity index (χ4n) is 2.33. The number of amides is 2. The van der Waals surface area contributed by atoms with Crippen molar-refractivity contribution in [3.8, 4) is 0 Å². The van der Waals surface area contributed by atoms with Gasteiger partial charge in [0, 0.05) is 5.69 Å². The predicted octanol–water partition coefficient (Wildman–Crippen LogP) is 2.74. The largest absolute Gasteiger partial charge is 0.347 e. The molecule has 4 nitrogen and oxygen atoms in total. The molecule has 0 aliphatic rings. The molecule has 0 saturated heterocycles. The number of carbonyl (C=O) groups excluding carboxylic acids is 2. The molecule has 0 saturated carbocycles. The summed E-state index contributed by atoms with van der Waals surface area (Å²) in [6.07, 6.45) is 0.0363. The Morgan fingerprint density at radius 1 is 1.00 bits per heavy atom. The molecule has 0 bridgehead atoms. The van der Waals surface area contributed by atoms with Crippen LogP contribution in [0.3, 0.4) is 0 Å².